The van der Waals surface area contributed by atoms with E-state index in [-0.39, 0.29) is 16.9 Å². The number of sulfonamides is 1. The number of benzene rings is 1. The second-order valence-electron chi connectivity index (χ2n) is 5.64. The second kappa shape index (κ2) is 7.11. The first-order valence-electron chi connectivity index (χ1n) is 6.78. The van der Waals surface area contributed by atoms with Gasteiger partial charge < -0.3 is 15.4 Å². The largest absolute Gasteiger partial charge is 0.495 e. The van der Waals surface area contributed by atoms with Crippen LogP contribution >= 0.6 is 0 Å². The fourth-order valence-electron chi connectivity index (χ4n) is 1.90. The maximum atomic E-state index is 12.5. The van der Waals surface area contributed by atoms with Crippen molar-refractivity contribution in [2.75, 3.05) is 33.5 Å². The summed E-state index contributed by atoms with van der Waals surface area (Å²) >= 11 is 0. The Morgan fingerprint density at radius 2 is 1.95 bits per heavy atom. The Kier molecular flexibility index (Phi) is 6.00. The van der Waals surface area contributed by atoms with Crippen LogP contribution in [0.5, 0.6) is 5.75 Å². The Labute approximate surface area is 127 Å². The molecule has 3 N–H and O–H groups in total. The van der Waals surface area contributed by atoms with Crippen molar-refractivity contribution in [1.29, 1.82) is 0 Å². The van der Waals surface area contributed by atoms with Gasteiger partial charge in [-0.15, -0.1) is 0 Å². The van der Waals surface area contributed by atoms with Crippen LogP contribution in [0.15, 0.2) is 23.1 Å². The van der Waals surface area contributed by atoms with Crippen molar-refractivity contribution in [2.24, 2.45) is 5.92 Å². The minimum atomic E-state index is -3.61. The van der Waals surface area contributed by atoms with Crippen LogP contribution in [0.3, 0.4) is 0 Å². The monoisotopic (exact) mass is 315 g/mol. The number of hydrogen-bond donors (Lipinski definition) is 2. The van der Waals surface area contributed by atoms with Gasteiger partial charge in [0, 0.05) is 18.7 Å². The van der Waals surface area contributed by atoms with E-state index in [1.807, 2.05) is 32.8 Å². The van der Waals surface area contributed by atoms with Crippen LogP contribution in [0.25, 0.3) is 0 Å². The van der Waals surface area contributed by atoms with Crippen molar-refractivity contribution in [3.8, 4) is 5.75 Å². The zero-order chi connectivity index (χ0) is 16.2. The van der Waals surface area contributed by atoms with Crippen LogP contribution < -0.4 is 15.2 Å². The number of methoxy groups -OCH3 is 1. The molecule has 21 heavy (non-hydrogen) atoms. The average molecular weight is 315 g/mol. The van der Waals surface area contributed by atoms with Gasteiger partial charge in [-0.1, -0.05) is 13.8 Å². The Morgan fingerprint density at radius 3 is 2.43 bits per heavy atom. The summed E-state index contributed by atoms with van der Waals surface area (Å²) in [5, 5.41) is 0. The van der Waals surface area contributed by atoms with Crippen LogP contribution in [-0.2, 0) is 10.0 Å². The average Bonchev–Trinajstić information content (AvgIpc) is 2.37. The molecule has 7 heteroatoms. The molecule has 1 aromatic carbocycles. The predicted molar refractivity (Wildman–Crippen MR) is 84.9 cm³/mol. The van der Waals surface area contributed by atoms with E-state index in [0.717, 1.165) is 0 Å². The van der Waals surface area contributed by atoms with Gasteiger partial charge in [0.15, 0.2) is 0 Å². The molecule has 0 aliphatic rings. The number of ether oxygens (including phenoxy) is 1. The fourth-order valence-corrected chi connectivity index (χ4v) is 3.29. The third-order valence-electron chi connectivity index (χ3n) is 3.19. The van der Waals surface area contributed by atoms with E-state index in [0.29, 0.717) is 18.0 Å². The van der Waals surface area contributed by atoms with Gasteiger partial charge in [-0.05, 0) is 32.1 Å². The van der Waals surface area contributed by atoms with Crippen molar-refractivity contribution in [2.45, 2.75) is 24.8 Å². The second-order valence-corrected chi connectivity index (χ2v) is 7.35. The van der Waals surface area contributed by atoms with Crippen molar-refractivity contribution >= 4 is 15.7 Å². The number of nitrogen functional groups attached to an aromatic ring is 1. The zero-order valence-electron chi connectivity index (χ0n) is 13.3. The first-order valence-corrected chi connectivity index (χ1v) is 8.26. The molecule has 0 aliphatic heterocycles. The molecule has 1 aromatic rings. The summed E-state index contributed by atoms with van der Waals surface area (Å²) in [6, 6.07) is 4.27. The Bertz CT molecular complexity index is 571. The molecule has 1 unspecified atom stereocenters. The third kappa shape index (κ3) is 4.87. The summed E-state index contributed by atoms with van der Waals surface area (Å²) in [6.07, 6.45) is 0. The van der Waals surface area contributed by atoms with Crippen LogP contribution in [0.2, 0.25) is 0 Å². The number of nitrogens with two attached hydrogens (primary N) is 1. The van der Waals surface area contributed by atoms with E-state index in [2.05, 4.69) is 4.72 Å². The molecule has 0 fully saturated rings. The summed E-state index contributed by atoms with van der Waals surface area (Å²) in [4.78, 5) is 2.11. The molecule has 0 spiro atoms. The molecule has 0 saturated heterocycles. The summed E-state index contributed by atoms with van der Waals surface area (Å²) in [5.74, 6) is 0.532. The Hall–Kier alpha value is -1.31. The van der Waals surface area contributed by atoms with Gasteiger partial charge in [0.05, 0.1) is 17.7 Å². The van der Waals surface area contributed by atoms with Gasteiger partial charge in [0.25, 0.3) is 0 Å². The summed E-state index contributed by atoms with van der Waals surface area (Å²) in [5.41, 5.74) is 6.12. The minimum absolute atomic E-state index is 0.151. The van der Waals surface area contributed by atoms with E-state index in [9.17, 15) is 8.42 Å². The summed E-state index contributed by atoms with van der Waals surface area (Å²) in [7, 11) is 1.67. The SMILES string of the molecule is COc1cc(S(=O)(=O)NC(CN(C)C)C(C)C)ccc1N. The maximum Gasteiger partial charge on any atom is 0.241 e. The van der Waals surface area contributed by atoms with Gasteiger partial charge >= 0.3 is 0 Å². The van der Waals surface area contributed by atoms with Crippen molar-refractivity contribution in [3.63, 3.8) is 0 Å². The normalized spacial score (nSPS) is 13.7. The standard InChI is InChI=1S/C14H25N3O3S/c1-10(2)13(9-17(3)4)16-21(18,19)11-6-7-12(15)14(8-11)20-5/h6-8,10,13,16H,9,15H2,1-5H3. The third-order valence-corrected chi connectivity index (χ3v) is 4.68. The molecule has 0 amide bonds. The lowest BCUT2D eigenvalue weighted by Gasteiger charge is -2.25. The van der Waals surface area contributed by atoms with Crippen LogP contribution in [0.1, 0.15) is 13.8 Å². The molecule has 120 valence electrons. The topological polar surface area (TPSA) is 84.7 Å². The molecule has 6 nitrogen and oxygen atoms in total. The molecule has 0 saturated carbocycles. The highest BCUT2D eigenvalue weighted by Gasteiger charge is 2.23. The van der Waals surface area contributed by atoms with Crippen LogP contribution in [-0.4, -0.2) is 47.1 Å². The van der Waals surface area contributed by atoms with E-state index >= 15 is 0 Å². The summed E-state index contributed by atoms with van der Waals surface area (Å²) in [6.45, 7) is 4.60. The van der Waals surface area contributed by atoms with Gasteiger partial charge in [0.1, 0.15) is 5.75 Å². The van der Waals surface area contributed by atoms with Gasteiger partial charge in [-0.3, -0.25) is 0 Å². The van der Waals surface area contributed by atoms with E-state index in [1.54, 1.807) is 0 Å². The highest BCUT2D eigenvalue weighted by Crippen LogP contribution is 2.25. The van der Waals surface area contributed by atoms with Crippen molar-refractivity contribution in [3.05, 3.63) is 18.2 Å². The van der Waals surface area contributed by atoms with Gasteiger partial charge in [-0.2, -0.15) is 0 Å². The smallest absolute Gasteiger partial charge is 0.241 e. The lowest BCUT2D eigenvalue weighted by atomic mass is 10.1. The molecule has 0 bridgehead atoms. The molecule has 0 heterocycles. The predicted octanol–water partition coefficient (Wildman–Crippen LogP) is 1.14. The Balaban J connectivity index is 3.04. The van der Waals surface area contributed by atoms with Crippen LogP contribution in [0.4, 0.5) is 5.69 Å². The highest BCUT2D eigenvalue weighted by molar-refractivity contribution is 7.89. The number of nitrogens with zero attached hydrogens (tertiary/aromatic N) is 1. The quantitative estimate of drug-likeness (QED) is 0.737. The lowest BCUT2D eigenvalue weighted by molar-refractivity contribution is 0.314. The van der Waals surface area contributed by atoms with Crippen molar-refractivity contribution in [1.82, 2.24) is 9.62 Å². The fraction of sp³-hybridized carbons (Fsp3) is 0.571. The molecule has 0 radical (unpaired) electrons. The number of hydrogen-bond acceptors (Lipinski definition) is 5. The highest BCUT2D eigenvalue weighted by atomic mass is 32.2. The Morgan fingerprint density at radius 1 is 1.33 bits per heavy atom. The minimum Gasteiger partial charge on any atom is -0.495 e. The number of anilines is 1. The van der Waals surface area contributed by atoms with Gasteiger partial charge in [-0.25, -0.2) is 13.1 Å². The molecule has 0 aromatic heterocycles. The van der Waals surface area contributed by atoms with Crippen molar-refractivity contribution < 1.29 is 13.2 Å². The van der Waals surface area contributed by atoms with E-state index in [1.165, 1.54) is 25.3 Å². The lowest BCUT2D eigenvalue weighted by Crippen LogP contribution is -2.44. The molecule has 1 atom stereocenters. The summed E-state index contributed by atoms with van der Waals surface area (Å²) < 4.78 is 32.8. The first-order chi connectivity index (χ1) is 9.67. The number of nitrogens with one attached hydrogen (secondary N) is 1. The molecular formula is C14H25N3O3S. The van der Waals surface area contributed by atoms with E-state index in [4.69, 9.17) is 10.5 Å². The molecule has 1 rings (SSSR count). The first kappa shape index (κ1) is 17.7. The van der Waals surface area contributed by atoms with Crippen LogP contribution in [0, 0.1) is 5.92 Å². The van der Waals surface area contributed by atoms with E-state index < -0.39 is 10.0 Å². The number of likely N-dealkylation sites (N-methyl/N-ethyl adjacent to an activating group) is 1. The maximum absolute atomic E-state index is 12.5. The molecule has 0 aliphatic carbocycles. The van der Waals surface area contributed by atoms with Gasteiger partial charge in [0.2, 0.25) is 10.0 Å². The molecular weight excluding hydrogens is 290 g/mol. The number of rotatable bonds is 7. The zero-order valence-corrected chi connectivity index (χ0v) is 14.1.